The molecule has 0 amide bonds. The van der Waals surface area contributed by atoms with Crippen molar-refractivity contribution >= 4 is 5.71 Å². The van der Waals surface area contributed by atoms with E-state index < -0.39 is 0 Å². The van der Waals surface area contributed by atoms with Gasteiger partial charge in [0.2, 0.25) is 0 Å². The van der Waals surface area contributed by atoms with Crippen LogP contribution < -0.4 is 0 Å². The molecule has 0 fully saturated rings. The van der Waals surface area contributed by atoms with Crippen molar-refractivity contribution in [1.82, 2.24) is 0 Å². The fraction of sp³-hybridized carbons (Fsp3) is 0.188. The zero-order chi connectivity index (χ0) is 11.7. The monoisotopic (exact) mass is 221 g/mol. The molecule has 1 heterocycles. The average Bonchev–Trinajstić information content (AvgIpc) is 2.39. The van der Waals surface area contributed by atoms with E-state index in [1.165, 1.54) is 11.1 Å². The predicted octanol–water partition coefficient (Wildman–Crippen LogP) is 3.55. The number of aliphatic imine (C=N–C) groups is 1. The Morgan fingerprint density at radius 1 is 1.00 bits per heavy atom. The Bertz CT molecular complexity index is 532. The first kappa shape index (κ1) is 10.3. The van der Waals surface area contributed by atoms with E-state index in [-0.39, 0.29) is 6.04 Å². The van der Waals surface area contributed by atoms with Crippen molar-refractivity contribution in [2.75, 3.05) is 0 Å². The van der Waals surface area contributed by atoms with Crippen LogP contribution >= 0.6 is 0 Å². The van der Waals surface area contributed by atoms with Crippen molar-refractivity contribution in [3.05, 3.63) is 71.8 Å². The van der Waals surface area contributed by atoms with Gasteiger partial charge in [-0.3, -0.25) is 4.99 Å². The van der Waals surface area contributed by atoms with Gasteiger partial charge in [0.1, 0.15) is 0 Å². The molecule has 84 valence electrons. The molecule has 1 nitrogen and oxygen atoms in total. The van der Waals surface area contributed by atoms with Crippen molar-refractivity contribution < 1.29 is 0 Å². The van der Waals surface area contributed by atoms with Gasteiger partial charge in [-0.1, -0.05) is 60.7 Å². The van der Waals surface area contributed by atoms with Crippen LogP contribution in [0.1, 0.15) is 12.5 Å². The third-order valence-electron chi connectivity index (χ3n) is 3.29. The molecule has 0 saturated carbocycles. The number of nitrogens with zero attached hydrogens (tertiary/aromatic N) is 1. The molecule has 2 aliphatic rings. The largest absolute Gasteiger partial charge is 0.276 e. The normalized spacial score (nSPS) is 26.2. The molecular weight excluding hydrogens is 206 g/mol. The van der Waals surface area contributed by atoms with Gasteiger partial charge >= 0.3 is 0 Å². The summed E-state index contributed by atoms with van der Waals surface area (Å²) in [6, 6.07) is 10.7. The summed E-state index contributed by atoms with van der Waals surface area (Å²) in [4.78, 5) is 4.87. The molecule has 0 aromatic heterocycles. The highest BCUT2D eigenvalue weighted by atomic mass is 14.8. The Balaban J connectivity index is 2.01. The summed E-state index contributed by atoms with van der Waals surface area (Å²) in [5, 5.41) is 0. The van der Waals surface area contributed by atoms with Gasteiger partial charge in [0, 0.05) is 5.92 Å². The number of dihydropyridines is 1. The zero-order valence-electron chi connectivity index (χ0n) is 9.88. The van der Waals surface area contributed by atoms with Crippen LogP contribution in [0.4, 0.5) is 0 Å². The van der Waals surface area contributed by atoms with Crippen LogP contribution in [0.3, 0.4) is 0 Å². The van der Waals surface area contributed by atoms with Crippen molar-refractivity contribution in [2.45, 2.75) is 13.0 Å². The van der Waals surface area contributed by atoms with E-state index >= 15 is 0 Å². The summed E-state index contributed by atoms with van der Waals surface area (Å²) in [6.45, 7) is 2.15. The maximum atomic E-state index is 4.87. The first-order valence-corrected chi connectivity index (χ1v) is 6.01. The summed E-state index contributed by atoms with van der Waals surface area (Å²) < 4.78 is 0. The van der Waals surface area contributed by atoms with Gasteiger partial charge in [-0.25, -0.2) is 0 Å². The minimum Gasteiger partial charge on any atom is -0.276 e. The number of benzene rings is 1. The van der Waals surface area contributed by atoms with Crippen LogP contribution in [0.15, 0.2) is 71.3 Å². The topological polar surface area (TPSA) is 12.4 Å². The molecule has 0 spiro atoms. The molecule has 0 N–H and O–H groups in total. The molecule has 1 aromatic carbocycles. The highest BCUT2D eigenvalue weighted by Crippen LogP contribution is 2.26. The highest BCUT2D eigenvalue weighted by molar-refractivity contribution is 6.12. The van der Waals surface area contributed by atoms with Crippen LogP contribution in [0.2, 0.25) is 0 Å². The second-order valence-electron chi connectivity index (χ2n) is 4.53. The smallest absolute Gasteiger partial charge is 0.0787 e. The summed E-state index contributed by atoms with van der Waals surface area (Å²) in [5.74, 6) is 0.437. The molecule has 17 heavy (non-hydrogen) atoms. The number of hydrogen-bond acceptors (Lipinski definition) is 1. The molecule has 0 bridgehead atoms. The molecule has 0 radical (unpaired) electrons. The number of rotatable bonds is 1. The van der Waals surface area contributed by atoms with Crippen LogP contribution in [-0.4, -0.2) is 11.8 Å². The Kier molecular flexibility index (Phi) is 2.52. The van der Waals surface area contributed by atoms with Gasteiger partial charge in [-0.2, -0.15) is 0 Å². The van der Waals surface area contributed by atoms with E-state index in [4.69, 9.17) is 4.99 Å². The van der Waals surface area contributed by atoms with E-state index in [2.05, 4.69) is 61.6 Å². The minimum atomic E-state index is 0.277. The predicted molar refractivity (Wildman–Crippen MR) is 72.3 cm³/mol. The Hall–Kier alpha value is -1.89. The lowest BCUT2D eigenvalue weighted by atomic mass is 9.88. The maximum Gasteiger partial charge on any atom is 0.0787 e. The fourth-order valence-electron chi connectivity index (χ4n) is 2.41. The number of allylic oxidation sites excluding steroid dienone is 3. The summed E-state index contributed by atoms with van der Waals surface area (Å²) >= 11 is 0. The molecule has 2 unspecified atom stereocenters. The summed E-state index contributed by atoms with van der Waals surface area (Å²) in [6.07, 6.45) is 10.9. The summed E-state index contributed by atoms with van der Waals surface area (Å²) in [7, 11) is 0. The quantitative estimate of drug-likeness (QED) is 0.687. The molecular formula is C16H15N. The molecule has 1 aliphatic carbocycles. The lowest BCUT2D eigenvalue weighted by molar-refractivity contribution is 0.674. The van der Waals surface area contributed by atoms with E-state index in [1.54, 1.807) is 0 Å². The molecule has 1 aromatic rings. The molecule has 0 saturated heterocycles. The fourth-order valence-corrected chi connectivity index (χ4v) is 2.41. The Morgan fingerprint density at radius 2 is 1.76 bits per heavy atom. The SMILES string of the molecule is CC1=CC2C=CC=CC2N=C1c1ccccc1. The third kappa shape index (κ3) is 1.89. The van der Waals surface area contributed by atoms with Crippen LogP contribution in [0, 0.1) is 5.92 Å². The van der Waals surface area contributed by atoms with Crippen LogP contribution in [-0.2, 0) is 0 Å². The van der Waals surface area contributed by atoms with Gasteiger partial charge < -0.3 is 0 Å². The third-order valence-corrected chi connectivity index (χ3v) is 3.29. The lowest BCUT2D eigenvalue weighted by Gasteiger charge is -2.25. The van der Waals surface area contributed by atoms with Crippen molar-refractivity contribution in [1.29, 1.82) is 0 Å². The minimum absolute atomic E-state index is 0.277. The number of hydrogen-bond donors (Lipinski definition) is 0. The van der Waals surface area contributed by atoms with Crippen LogP contribution in [0.25, 0.3) is 0 Å². The second-order valence-corrected chi connectivity index (χ2v) is 4.53. The van der Waals surface area contributed by atoms with Gasteiger partial charge in [0.15, 0.2) is 0 Å². The Labute approximate surface area is 102 Å². The lowest BCUT2D eigenvalue weighted by Crippen LogP contribution is -2.23. The van der Waals surface area contributed by atoms with Gasteiger partial charge in [-0.05, 0) is 18.1 Å². The van der Waals surface area contributed by atoms with Crippen molar-refractivity contribution in [3.63, 3.8) is 0 Å². The van der Waals surface area contributed by atoms with E-state index in [1.807, 2.05) is 6.07 Å². The first-order chi connectivity index (χ1) is 8.34. The standard InChI is InChI=1S/C16H15N/c1-12-11-14-9-5-6-10-15(14)17-16(12)13-7-3-2-4-8-13/h2-11,14-15H,1H3. The first-order valence-electron chi connectivity index (χ1n) is 6.01. The Morgan fingerprint density at radius 3 is 2.59 bits per heavy atom. The van der Waals surface area contributed by atoms with Crippen molar-refractivity contribution in [2.24, 2.45) is 10.9 Å². The number of fused-ring (bicyclic) bond motifs is 1. The van der Waals surface area contributed by atoms with Gasteiger partial charge in [-0.15, -0.1) is 0 Å². The van der Waals surface area contributed by atoms with E-state index in [0.29, 0.717) is 5.92 Å². The molecule has 1 heteroatoms. The maximum absolute atomic E-state index is 4.87. The molecule has 2 atom stereocenters. The van der Waals surface area contributed by atoms with E-state index in [0.717, 1.165) is 5.71 Å². The van der Waals surface area contributed by atoms with Gasteiger partial charge in [0.05, 0.1) is 11.8 Å². The molecule has 1 aliphatic heterocycles. The van der Waals surface area contributed by atoms with Gasteiger partial charge in [0.25, 0.3) is 0 Å². The van der Waals surface area contributed by atoms with E-state index in [9.17, 15) is 0 Å². The average molecular weight is 221 g/mol. The van der Waals surface area contributed by atoms with Crippen LogP contribution in [0.5, 0.6) is 0 Å². The molecule has 3 rings (SSSR count). The van der Waals surface area contributed by atoms with Crippen molar-refractivity contribution in [3.8, 4) is 0 Å². The zero-order valence-corrected chi connectivity index (χ0v) is 9.88. The summed E-state index contributed by atoms with van der Waals surface area (Å²) in [5.41, 5.74) is 3.62. The highest BCUT2D eigenvalue weighted by Gasteiger charge is 2.22. The second kappa shape index (κ2) is 4.17.